The van der Waals surface area contributed by atoms with Crippen molar-refractivity contribution in [2.24, 2.45) is 5.73 Å². The Balaban J connectivity index is 1.77. The van der Waals surface area contributed by atoms with Gasteiger partial charge in [-0.15, -0.1) is 16.9 Å². The van der Waals surface area contributed by atoms with Gasteiger partial charge >= 0.3 is 0 Å². The van der Waals surface area contributed by atoms with Crippen molar-refractivity contribution in [1.82, 2.24) is 14.6 Å². The minimum absolute atomic E-state index is 0.0925. The molecule has 0 radical (unpaired) electrons. The van der Waals surface area contributed by atoms with Crippen LogP contribution in [0.1, 0.15) is 30.1 Å². The van der Waals surface area contributed by atoms with E-state index in [1.165, 1.54) is 6.07 Å². The molecule has 0 saturated carbocycles. The first kappa shape index (κ1) is 17.2. The van der Waals surface area contributed by atoms with E-state index < -0.39 is 0 Å². The SMILES string of the molecule is CSc1ccc(F)cc1[C@H]1CCCN1c1ccc2ncc(C(N)=S)n2n1. The van der Waals surface area contributed by atoms with Crippen molar-refractivity contribution in [2.75, 3.05) is 17.7 Å². The van der Waals surface area contributed by atoms with E-state index >= 15 is 0 Å². The number of thioether (sulfide) groups is 1. The summed E-state index contributed by atoms with van der Waals surface area (Å²) in [5.41, 5.74) is 8.10. The summed E-state index contributed by atoms with van der Waals surface area (Å²) in [5, 5.41) is 4.70. The van der Waals surface area contributed by atoms with Crippen molar-refractivity contribution < 1.29 is 4.39 Å². The number of nitrogens with two attached hydrogens (primary N) is 1. The molecule has 0 aliphatic carbocycles. The fourth-order valence-corrected chi connectivity index (χ4v) is 4.29. The van der Waals surface area contributed by atoms with Crippen LogP contribution in [-0.4, -0.2) is 32.4 Å². The van der Waals surface area contributed by atoms with E-state index in [0.717, 1.165) is 35.7 Å². The van der Waals surface area contributed by atoms with Gasteiger partial charge in [-0.25, -0.2) is 13.9 Å². The van der Waals surface area contributed by atoms with Crippen LogP contribution < -0.4 is 10.6 Å². The Kier molecular flexibility index (Phi) is 4.54. The van der Waals surface area contributed by atoms with Crippen LogP contribution in [0.25, 0.3) is 5.65 Å². The maximum absolute atomic E-state index is 13.9. The first-order chi connectivity index (χ1) is 12.6. The van der Waals surface area contributed by atoms with Crippen molar-refractivity contribution in [2.45, 2.75) is 23.8 Å². The third-order valence-corrected chi connectivity index (χ3v) is 5.72. The summed E-state index contributed by atoms with van der Waals surface area (Å²) in [6.45, 7) is 0.866. The zero-order valence-corrected chi connectivity index (χ0v) is 15.9. The lowest BCUT2D eigenvalue weighted by molar-refractivity contribution is 0.613. The lowest BCUT2D eigenvalue weighted by atomic mass is 10.0. The number of halogens is 1. The molecule has 1 atom stereocenters. The molecule has 3 aromatic rings. The number of benzene rings is 1. The quantitative estimate of drug-likeness (QED) is 0.546. The number of anilines is 1. The van der Waals surface area contributed by atoms with Gasteiger partial charge < -0.3 is 10.6 Å². The Morgan fingerprint density at radius 3 is 2.96 bits per heavy atom. The maximum atomic E-state index is 13.9. The topological polar surface area (TPSA) is 59.5 Å². The van der Waals surface area contributed by atoms with Gasteiger partial charge in [-0.2, -0.15) is 0 Å². The lowest BCUT2D eigenvalue weighted by Gasteiger charge is -2.27. The highest BCUT2D eigenvalue weighted by Gasteiger charge is 2.29. The lowest BCUT2D eigenvalue weighted by Crippen LogP contribution is -2.25. The molecular formula is C18H18FN5S2. The molecule has 1 fully saturated rings. The van der Waals surface area contributed by atoms with Crippen LogP contribution in [0.15, 0.2) is 41.4 Å². The fraction of sp³-hybridized carbons (Fsp3) is 0.278. The Labute approximate surface area is 160 Å². The molecule has 1 saturated heterocycles. The van der Waals surface area contributed by atoms with Gasteiger partial charge in [-0.05, 0) is 55.0 Å². The molecule has 0 spiro atoms. The minimum Gasteiger partial charge on any atom is -0.388 e. The molecule has 8 heteroatoms. The van der Waals surface area contributed by atoms with Gasteiger partial charge in [0, 0.05) is 11.4 Å². The van der Waals surface area contributed by atoms with E-state index in [4.69, 9.17) is 23.1 Å². The van der Waals surface area contributed by atoms with Gasteiger partial charge in [0.2, 0.25) is 0 Å². The fourth-order valence-electron chi connectivity index (χ4n) is 3.51. The zero-order valence-electron chi connectivity index (χ0n) is 14.2. The van der Waals surface area contributed by atoms with E-state index in [-0.39, 0.29) is 16.8 Å². The van der Waals surface area contributed by atoms with E-state index in [2.05, 4.69) is 9.88 Å². The molecular weight excluding hydrogens is 369 g/mol. The first-order valence-corrected chi connectivity index (χ1v) is 9.96. The van der Waals surface area contributed by atoms with E-state index in [1.54, 1.807) is 28.5 Å². The van der Waals surface area contributed by atoms with Crippen molar-refractivity contribution in [3.63, 3.8) is 0 Å². The van der Waals surface area contributed by atoms with Gasteiger partial charge in [-0.3, -0.25) is 0 Å². The van der Waals surface area contributed by atoms with E-state index in [0.29, 0.717) is 11.3 Å². The summed E-state index contributed by atoms with van der Waals surface area (Å²) in [4.78, 5) is 7.86. The number of fused-ring (bicyclic) bond motifs is 1. The van der Waals surface area contributed by atoms with Crippen LogP contribution in [0.5, 0.6) is 0 Å². The highest BCUT2D eigenvalue weighted by Crippen LogP contribution is 2.39. The van der Waals surface area contributed by atoms with Crippen molar-refractivity contribution >= 4 is 40.4 Å². The van der Waals surface area contributed by atoms with Crippen LogP contribution >= 0.6 is 24.0 Å². The number of hydrogen-bond acceptors (Lipinski definition) is 5. The second kappa shape index (κ2) is 6.85. The molecule has 1 aromatic carbocycles. The molecule has 3 heterocycles. The number of hydrogen-bond donors (Lipinski definition) is 1. The van der Waals surface area contributed by atoms with Crippen molar-refractivity contribution in [3.05, 3.63) is 53.6 Å². The van der Waals surface area contributed by atoms with Gasteiger partial charge in [0.15, 0.2) is 5.65 Å². The number of nitrogens with zero attached hydrogens (tertiary/aromatic N) is 4. The smallest absolute Gasteiger partial charge is 0.154 e. The second-order valence-electron chi connectivity index (χ2n) is 6.21. The Morgan fingerprint density at radius 2 is 2.19 bits per heavy atom. The summed E-state index contributed by atoms with van der Waals surface area (Å²) < 4.78 is 15.6. The zero-order chi connectivity index (χ0) is 18.3. The number of rotatable bonds is 4. The number of imidazole rings is 1. The van der Waals surface area contributed by atoms with E-state index in [1.807, 2.05) is 24.5 Å². The largest absolute Gasteiger partial charge is 0.388 e. The average Bonchev–Trinajstić information content (AvgIpc) is 3.28. The molecule has 1 aliphatic heterocycles. The molecule has 134 valence electrons. The van der Waals surface area contributed by atoms with Crippen molar-refractivity contribution in [3.8, 4) is 0 Å². The Morgan fingerprint density at radius 1 is 1.35 bits per heavy atom. The molecule has 2 N–H and O–H groups in total. The van der Waals surface area contributed by atoms with Crippen LogP contribution in [0.2, 0.25) is 0 Å². The van der Waals surface area contributed by atoms with Gasteiger partial charge in [-0.1, -0.05) is 12.2 Å². The summed E-state index contributed by atoms with van der Waals surface area (Å²) in [6, 6.07) is 8.95. The van der Waals surface area contributed by atoms with Crippen LogP contribution in [0.3, 0.4) is 0 Å². The summed E-state index contributed by atoms with van der Waals surface area (Å²) in [7, 11) is 0. The Bertz CT molecular complexity index is 987. The normalized spacial score (nSPS) is 17.2. The molecule has 0 bridgehead atoms. The number of aromatic nitrogens is 3. The molecule has 26 heavy (non-hydrogen) atoms. The van der Waals surface area contributed by atoms with Crippen LogP contribution in [0.4, 0.5) is 10.2 Å². The predicted molar refractivity (Wildman–Crippen MR) is 106 cm³/mol. The van der Waals surface area contributed by atoms with Gasteiger partial charge in [0.05, 0.1) is 12.2 Å². The average molecular weight is 388 g/mol. The molecule has 0 amide bonds. The third kappa shape index (κ3) is 2.93. The Hall–Kier alpha value is -2.19. The third-order valence-electron chi connectivity index (χ3n) is 4.70. The minimum atomic E-state index is -0.210. The summed E-state index contributed by atoms with van der Waals surface area (Å²) >= 11 is 6.72. The predicted octanol–water partition coefficient (Wildman–Crippen LogP) is 3.57. The highest BCUT2D eigenvalue weighted by molar-refractivity contribution is 7.98. The van der Waals surface area contributed by atoms with Crippen LogP contribution in [-0.2, 0) is 0 Å². The molecule has 4 rings (SSSR count). The van der Waals surface area contributed by atoms with Gasteiger partial charge in [0.25, 0.3) is 0 Å². The first-order valence-electron chi connectivity index (χ1n) is 8.33. The maximum Gasteiger partial charge on any atom is 0.154 e. The molecule has 0 unspecified atom stereocenters. The monoisotopic (exact) mass is 387 g/mol. The standard InChI is InChI=1S/C18H18FN5S2/c1-26-15-5-4-11(19)9-12(15)13-3-2-8-23(13)17-7-6-16-21-10-14(18(20)25)24(16)22-17/h4-7,9-10,13H,2-3,8H2,1H3,(H2,20,25)/t13-/m1/s1. The van der Waals surface area contributed by atoms with Crippen molar-refractivity contribution in [1.29, 1.82) is 0 Å². The second-order valence-corrected chi connectivity index (χ2v) is 7.49. The summed E-state index contributed by atoms with van der Waals surface area (Å²) in [5.74, 6) is 0.602. The van der Waals surface area contributed by atoms with E-state index in [9.17, 15) is 4.39 Å². The molecule has 2 aromatic heterocycles. The van der Waals surface area contributed by atoms with Gasteiger partial charge in [0.1, 0.15) is 22.3 Å². The highest BCUT2D eigenvalue weighted by atomic mass is 32.2. The molecule has 1 aliphatic rings. The summed E-state index contributed by atoms with van der Waals surface area (Å²) in [6.07, 6.45) is 5.64. The molecule has 5 nitrogen and oxygen atoms in total. The van der Waals surface area contributed by atoms with Crippen LogP contribution in [0, 0.1) is 5.82 Å². The number of thiocarbonyl (C=S) groups is 1.